The quantitative estimate of drug-likeness (QED) is 0.764. The molecule has 1 aliphatic heterocycles. The third-order valence-corrected chi connectivity index (χ3v) is 3.61. The van der Waals surface area contributed by atoms with E-state index in [1.165, 1.54) is 19.3 Å². The number of aliphatic hydroxyl groups excluding tert-OH is 1. The predicted octanol–water partition coefficient (Wildman–Crippen LogP) is 2.11. The molecule has 0 aromatic rings. The monoisotopic (exact) mass is 256 g/mol. The van der Waals surface area contributed by atoms with Gasteiger partial charge < -0.3 is 10.4 Å². The lowest BCUT2D eigenvalue weighted by Gasteiger charge is -2.40. The molecular weight excluding hydrogens is 224 g/mol. The van der Waals surface area contributed by atoms with Crippen LogP contribution in [0.25, 0.3) is 0 Å². The number of hydrogen-bond donors (Lipinski definition) is 2. The van der Waals surface area contributed by atoms with Gasteiger partial charge in [-0.15, -0.1) is 0 Å². The smallest absolute Gasteiger partial charge is 0.0558 e. The van der Waals surface area contributed by atoms with Crippen molar-refractivity contribution in [1.82, 2.24) is 10.2 Å². The van der Waals surface area contributed by atoms with Crippen molar-refractivity contribution in [2.45, 2.75) is 53.0 Å². The van der Waals surface area contributed by atoms with Crippen molar-refractivity contribution >= 4 is 0 Å². The molecule has 1 heterocycles. The summed E-state index contributed by atoms with van der Waals surface area (Å²) in [4.78, 5) is 2.42. The molecule has 0 aromatic heterocycles. The summed E-state index contributed by atoms with van der Waals surface area (Å²) in [5, 5.41) is 12.8. The van der Waals surface area contributed by atoms with E-state index in [1.54, 1.807) is 0 Å². The van der Waals surface area contributed by atoms with E-state index in [0.29, 0.717) is 11.5 Å². The number of rotatable bonds is 6. The van der Waals surface area contributed by atoms with Gasteiger partial charge in [-0.05, 0) is 37.1 Å². The van der Waals surface area contributed by atoms with Crippen LogP contribution in [0.3, 0.4) is 0 Å². The number of nitrogens with zero attached hydrogens (tertiary/aromatic N) is 1. The molecule has 0 saturated carbocycles. The highest BCUT2D eigenvalue weighted by Crippen LogP contribution is 2.30. The zero-order chi connectivity index (χ0) is 13.6. The fourth-order valence-corrected chi connectivity index (χ4v) is 3.14. The predicted molar refractivity (Wildman–Crippen MR) is 77.8 cm³/mol. The molecular formula is C15H32N2O. The van der Waals surface area contributed by atoms with Gasteiger partial charge in [-0.25, -0.2) is 0 Å². The Morgan fingerprint density at radius 3 is 2.56 bits per heavy atom. The standard InChI is InChI=1S/C15H32N2O/c1-5-6-16-14-9-13(10-15(2,3)4)11-17(12-14)7-8-18/h13-14,16,18H,5-12H2,1-4H3. The van der Waals surface area contributed by atoms with E-state index < -0.39 is 0 Å². The highest BCUT2D eigenvalue weighted by molar-refractivity contribution is 4.85. The van der Waals surface area contributed by atoms with Crippen LogP contribution in [0.4, 0.5) is 0 Å². The maximum absolute atomic E-state index is 9.14. The van der Waals surface area contributed by atoms with E-state index in [1.807, 2.05) is 0 Å². The van der Waals surface area contributed by atoms with E-state index in [9.17, 15) is 0 Å². The van der Waals surface area contributed by atoms with Crippen LogP contribution in [0.1, 0.15) is 47.0 Å². The van der Waals surface area contributed by atoms with Gasteiger partial charge >= 0.3 is 0 Å². The van der Waals surface area contributed by atoms with E-state index in [2.05, 4.69) is 37.9 Å². The fraction of sp³-hybridized carbons (Fsp3) is 1.00. The van der Waals surface area contributed by atoms with Crippen LogP contribution in [0.5, 0.6) is 0 Å². The molecule has 1 aliphatic rings. The van der Waals surface area contributed by atoms with Crippen LogP contribution < -0.4 is 5.32 Å². The largest absolute Gasteiger partial charge is 0.395 e. The van der Waals surface area contributed by atoms with Crippen LogP contribution in [0.15, 0.2) is 0 Å². The summed E-state index contributed by atoms with van der Waals surface area (Å²) in [7, 11) is 0. The summed E-state index contributed by atoms with van der Waals surface area (Å²) >= 11 is 0. The number of likely N-dealkylation sites (tertiary alicyclic amines) is 1. The molecule has 18 heavy (non-hydrogen) atoms. The Morgan fingerprint density at radius 2 is 2.00 bits per heavy atom. The van der Waals surface area contributed by atoms with Gasteiger partial charge in [0.1, 0.15) is 0 Å². The lowest BCUT2D eigenvalue weighted by Crippen LogP contribution is -2.50. The SMILES string of the molecule is CCCNC1CC(CC(C)(C)C)CN(CCO)C1. The summed E-state index contributed by atoms with van der Waals surface area (Å²) < 4.78 is 0. The number of aliphatic hydroxyl groups is 1. The number of hydrogen-bond acceptors (Lipinski definition) is 3. The lowest BCUT2D eigenvalue weighted by molar-refractivity contribution is 0.0962. The highest BCUT2D eigenvalue weighted by Gasteiger charge is 2.29. The van der Waals surface area contributed by atoms with Crippen LogP contribution in [0.2, 0.25) is 0 Å². The summed E-state index contributed by atoms with van der Waals surface area (Å²) in [6.45, 7) is 13.7. The Kier molecular flexibility index (Phi) is 6.61. The van der Waals surface area contributed by atoms with Gasteiger partial charge in [0, 0.05) is 25.7 Å². The first kappa shape index (κ1) is 15.9. The van der Waals surface area contributed by atoms with Crippen molar-refractivity contribution in [1.29, 1.82) is 0 Å². The third kappa shape index (κ3) is 6.17. The van der Waals surface area contributed by atoms with Crippen molar-refractivity contribution in [3.05, 3.63) is 0 Å². The van der Waals surface area contributed by atoms with Crippen LogP contribution in [-0.4, -0.2) is 48.8 Å². The third-order valence-electron chi connectivity index (χ3n) is 3.61. The minimum Gasteiger partial charge on any atom is -0.395 e. The van der Waals surface area contributed by atoms with Crippen molar-refractivity contribution < 1.29 is 5.11 Å². The maximum Gasteiger partial charge on any atom is 0.0558 e. The summed E-state index contributed by atoms with van der Waals surface area (Å²) in [5.41, 5.74) is 0.405. The van der Waals surface area contributed by atoms with Crippen LogP contribution >= 0.6 is 0 Å². The van der Waals surface area contributed by atoms with Crippen molar-refractivity contribution in [3.8, 4) is 0 Å². The van der Waals surface area contributed by atoms with Crippen molar-refractivity contribution in [2.24, 2.45) is 11.3 Å². The van der Waals surface area contributed by atoms with E-state index >= 15 is 0 Å². The minimum atomic E-state index is 0.280. The maximum atomic E-state index is 9.14. The molecule has 2 unspecified atom stereocenters. The second-order valence-corrected chi connectivity index (χ2v) is 7.00. The number of piperidine rings is 1. The van der Waals surface area contributed by atoms with E-state index in [-0.39, 0.29) is 6.61 Å². The Balaban J connectivity index is 2.50. The van der Waals surface area contributed by atoms with Crippen LogP contribution in [0, 0.1) is 11.3 Å². The van der Waals surface area contributed by atoms with Crippen molar-refractivity contribution in [3.63, 3.8) is 0 Å². The van der Waals surface area contributed by atoms with Gasteiger partial charge in [-0.2, -0.15) is 0 Å². The van der Waals surface area contributed by atoms with E-state index in [0.717, 1.165) is 32.1 Å². The molecule has 1 saturated heterocycles. The van der Waals surface area contributed by atoms with E-state index in [4.69, 9.17) is 5.11 Å². The van der Waals surface area contributed by atoms with Gasteiger partial charge in [0.2, 0.25) is 0 Å². The summed E-state index contributed by atoms with van der Waals surface area (Å²) in [6, 6.07) is 0.609. The molecule has 2 N–H and O–H groups in total. The molecule has 3 nitrogen and oxygen atoms in total. The molecule has 108 valence electrons. The first-order chi connectivity index (χ1) is 8.44. The molecule has 0 radical (unpaired) electrons. The second kappa shape index (κ2) is 7.46. The summed E-state index contributed by atoms with van der Waals surface area (Å²) in [5.74, 6) is 0.764. The van der Waals surface area contributed by atoms with Gasteiger partial charge in [0.05, 0.1) is 6.61 Å². The van der Waals surface area contributed by atoms with Gasteiger partial charge in [0.25, 0.3) is 0 Å². The fourth-order valence-electron chi connectivity index (χ4n) is 3.14. The molecule has 0 aliphatic carbocycles. The van der Waals surface area contributed by atoms with Gasteiger partial charge in [-0.3, -0.25) is 4.90 Å². The zero-order valence-electron chi connectivity index (χ0n) is 12.7. The molecule has 1 rings (SSSR count). The highest BCUT2D eigenvalue weighted by atomic mass is 16.3. The normalized spacial score (nSPS) is 26.5. The molecule has 0 aromatic carbocycles. The Morgan fingerprint density at radius 1 is 1.28 bits per heavy atom. The average Bonchev–Trinajstić information content (AvgIpc) is 2.24. The van der Waals surface area contributed by atoms with Gasteiger partial charge in [0.15, 0.2) is 0 Å². The molecule has 1 fully saturated rings. The Bertz CT molecular complexity index is 225. The Hall–Kier alpha value is -0.120. The molecule has 0 spiro atoms. The molecule has 3 heteroatoms. The lowest BCUT2D eigenvalue weighted by atomic mass is 9.80. The Labute approximate surface area is 113 Å². The number of β-amino-alcohol motifs (C(OH)–C–C–N with tert-alkyl or cyclic N) is 1. The molecule has 0 amide bonds. The topological polar surface area (TPSA) is 35.5 Å². The first-order valence-electron chi connectivity index (χ1n) is 7.51. The van der Waals surface area contributed by atoms with Crippen molar-refractivity contribution in [2.75, 3.05) is 32.8 Å². The minimum absolute atomic E-state index is 0.280. The summed E-state index contributed by atoms with van der Waals surface area (Å²) in [6.07, 6.45) is 3.76. The zero-order valence-corrected chi connectivity index (χ0v) is 12.7. The average molecular weight is 256 g/mol. The molecule has 0 bridgehead atoms. The molecule has 2 atom stereocenters. The second-order valence-electron chi connectivity index (χ2n) is 7.00. The van der Waals surface area contributed by atoms with Gasteiger partial charge in [-0.1, -0.05) is 27.7 Å². The first-order valence-corrected chi connectivity index (χ1v) is 7.51. The number of nitrogens with one attached hydrogen (secondary N) is 1. The van der Waals surface area contributed by atoms with Crippen LogP contribution in [-0.2, 0) is 0 Å².